The van der Waals surface area contributed by atoms with E-state index < -0.39 is 0 Å². The first-order valence-corrected chi connectivity index (χ1v) is 10.2. The lowest BCUT2D eigenvalue weighted by Crippen LogP contribution is -2.38. The van der Waals surface area contributed by atoms with E-state index in [-0.39, 0.29) is 11.7 Å². The largest absolute Gasteiger partial charge is 0.370 e. The van der Waals surface area contributed by atoms with Gasteiger partial charge in [0.25, 0.3) is 0 Å². The molecule has 0 radical (unpaired) electrons. The number of anilines is 1. The van der Waals surface area contributed by atoms with E-state index >= 15 is 0 Å². The molecule has 1 aromatic heterocycles. The number of carbonyl (C=O) groups excluding carboxylic acids is 1. The lowest BCUT2D eigenvalue weighted by atomic mass is 9.96. The second-order valence-corrected chi connectivity index (χ2v) is 7.65. The molecule has 2 saturated heterocycles. The lowest BCUT2D eigenvalue weighted by Gasteiger charge is -2.25. The number of benzene rings is 1. The maximum Gasteiger partial charge on any atom is 0.244 e. The molecular weight excluding hydrogens is 357 g/mol. The van der Waals surface area contributed by atoms with Crippen LogP contribution >= 0.6 is 0 Å². The summed E-state index contributed by atoms with van der Waals surface area (Å²) < 4.78 is 15.0. The van der Waals surface area contributed by atoms with Gasteiger partial charge in [-0.3, -0.25) is 9.48 Å². The molecule has 2 aromatic rings. The maximum absolute atomic E-state index is 13.2. The first-order chi connectivity index (χ1) is 13.7. The van der Waals surface area contributed by atoms with E-state index in [1.807, 2.05) is 15.6 Å². The van der Waals surface area contributed by atoms with Gasteiger partial charge in [-0.2, -0.15) is 5.10 Å². The van der Waals surface area contributed by atoms with Crippen molar-refractivity contribution in [3.8, 4) is 0 Å². The normalized spacial score (nSPS) is 20.8. The van der Waals surface area contributed by atoms with Crippen LogP contribution < -0.4 is 10.2 Å². The zero-order valence-electron chi connectivity index (χ0n) is 16.2. The van der Waals surface area contributed by atoms with Crippen LogP contribution in [0.15, 0.2) is 36.5 Å². The number of halogens is 1. The number of carbonyl (C=O) groups is 1. The highest BCUT2D eigenvalue weighted by Gasteiger charge is 2.23. The Labute approximate surface area is 165 Å². The smallest absolute Gasteiger partial charge is 0.244 e. The number of rotatable bonds is 4. The molecule has 1 aromatic carbocycles. The Morgan fingerprint density at radius 2 is 1.96 bits per heavy atom. The van der Waals surface area contributed by atoms with E-state index in [4.69, 9.17) is 0 Å². The second-order valence-electron chi connectivity index (χ2n) is 7.65. The first kappa shape index (κ1) is 18.9. The summed E-state index contributed by atoms with van der Waals surface area (Å²) in [6, 6.07) is 8.64. The number of aromatic nitrogens is 2. The fourth-order valence-corrected chi connectivity index (χ4v) is 4.23. The molecule has 2 fully saturated rings. The van der Waals surface area contributed by atoms with Crippen LogP contribution in [0.25, 0.3) is 0 Å². The quantitative estimate of drug-likeness (QED) is 0.877. The third-order valence-electron chi connectivity index (χ3n) is 5.79. The molecular formula is C21H28FN5O. The topological polar surface area (TPSA) is 53.4 Å². The molecule has 7 heteroatoms. The highest BCUT2D eigenvalue weighted by atomic mass is 19.1. The number of hydrogen-bond donors (Lipinski definition) is 1. The molecule has 3 heterocycles. The van der Waals surface area contributed by atoms with Gasteiger partial charge in [0.15, 0.2) is 0 Å². The molecule has 0 spiro atoms. The molecule has 4 rings (SSSR count). The van der Waals surface area contributed by atoms with Crippen molar-refractivity contribution in [2.75, 3.05) is 44.2 Å². The van der Waals surface area contributed by atoms with Crippen LogP contribution in [-0.4, -0.2) is 59.9 Å². The summed E-state index contributed by atoms with van der Waals surface area (Å²) >= 11 is 0. The SMILES string of the molecule is O=C(Cn1nccc1[C@@H]1CCCNC1)N1CCCN(c2ccc(F)cc2)CC1. The number of piperidine rings is 1. The van der Waals surface area contributed by atoms with E-state index in [9.17, 15) is 9.18 Å². The Morgan fingerprint density at radius 3 is 2.75 bits per heavy atom. The molecule has 0 saturated carbocycles. The highest BCUT2D eigenvalue weighted by molar-refractivity contribution is 5.76. The van der Waals surface area contributed by atoms with E-state index in [1.54, 1.807) is 18.3 Å². The number of hydrogen-bond acceptors (Lipinski definition) is 4. The van der Waals surface area contributed by atoms with Crippen LogP contribution in [0.3, 0.4) is 0 Å². The van der Waals surface area contributed by atoms with Gasteiger partial charge in [0.05, 0.1) is 0 Å². The summed E-state index contributed by atoms with van der Waals surface area (Å²) in [7, 11) is 0. The third-order valence-corrected chi connectivity index (χ3v) is 5.79. The van der Waals surface area contributed by atoms with Gasteiger partial charge >= 0.3 is 0 Å². The molecule has 28 heavy (non-hydrogen) atoms. The van der Waals surface area contributed by atoms with E-state index in [0.717, 1.165) is 63.4 Å². The van der Waals surface area contributed by atoms with Gasteiger partial charge in [0, 0.05) is 56.2 Å². The summed E-state index contributed by atoms with van der Waals surface area (Å²) in [6.45, 7) is 5.38. The lowest BCUT2D eigenvalue weighted by molar-refractivity contribution is -0.131. The van der Waals surface area contributed by atoms with Gasteiger partial charge in [0.1, 0.15) is 12.4 Å². The summed E-state index contributed by atoms with van der Waals surface area (Å²) in [5, 5.41) is 7.85. The van der Waals surface area contributed by atoms with Crippen LogP contribution in [0.2, 0.25) is 0 Å². The summed E-state index contributed by atoms with van der Waals surface area (Å²) in [5.74, 6) is 0.329. The number of nitrogens with one attached hydrogen (secondary N) is 1. The van der Waals surface area contributed by atoms with Crippen LogP contribution in [0.1, 0.15) is 30.9 Å². The highest BCUT2D eigenvalue weighted by Crippen LogP contribution is 2.23. The Bertz CT molecular complexity index is 784. The molecule has 2 aliphatic rings. The molecule has 2 aliphatic heterocycles. The second kappa shape index (κ2) is 8.73. The average molecular weight is 385 g/mol. The molecule has 1 atom stereocenters. The molecule has 6 nitrogen and oxygen atoms in total. The van der Waals surface area contributed by atoms with Gasteiger partial charge in [-0.1, -0.05) is 0 Å². The van der Waals surface area contributed by atoms with Crippen LogP contribution in [0.5, 0.6) is 0 Å². The predicted octanol–water partition coefficient (Wildman–Crippen LogP) is 2.23. The van der Waals surface area contributed by atoms with Crippen molar-refractivity contribution in [2.24, 2.45) is 0 Å². The van der Waals surface area contributed by atoms with Gasteiger partial charge < -0.3 is 15.1 Å². The fourth-order valence-electron chi connectivity index (χ4n) is 4.23. The van der Waals surface area contributed by atoms with E-state index in [1.165, 1.54) is 12.1 Å². The standard InChI is InChI=1S/C21H28FN5O/c22-18-4-6-19(7-5-18)25-11-2-12-26(14-13-25)21(28)16-27-20(8-10-24-27)17-3-1-9-23-15-17/h4-8,10,17,23H,1-3,9,11-16H2/t17-/m1/s1. The van der Waals surface area contributed by atoms with Crippen molar-refractivity contribution in [2.45, 2.75) is 31.7 Å². The van der Waals surface area contributed by atoms with Crippen molar-refractivity contribution in [3.05, 3.63) is 48.0 Å². The Balaban J connectivity index is 1.37. The monoisotopic (exact) mass is 385 g/mol. The Kier molecular flexibility index (Phi) is 5.90. The van der Waals surface area contributed by atoms with Gasteiger partial charge in [-0.25, -0.2) is 4.39 Å². The molecule has 0 unspecified atom stereocenters. The molecule has 150 valence electrons. The Morgan fingerprint density at radius 1 is 1.11 bits per heavy atom. The van der Waals surface area contributed by atoms with E-state index in [2.05, 4.69) is 15.3 Å². The third kappa shape index (κ3) is 4.35. The minimum atomic E-state index is -0.224. The van der Waals surface area contributed by atoms with Gasteiger partial charge in [0.2, 0.25) is 5.91 Å². The van der Waals surface area contributed by atoms with Gasteiger partial charge in [-0.05, 0) is 56.1 Å². The molecule has 1 N–H and O–H groups in total. The Hall–Kier alpha value is -2.41. The van der Waals surface area contributed by atoms with Crippen molar-refractivity contribution in [1.82, 2.24) is 20.0 Å². The van der Waals surface area contributed by atoms with Crippen LogP contribution in [-0.2, 0) is 11.3 Å². The van der Waals surface area contributed by atoms with Crippen molar-refractivity contribution in [1.29, 1.82) is 0 Å². The van der Waals surface area contributed by atoms with E-state index in [0.29, 0.717) is 19.0 Å². The fraction of sp³-hybridized carbons (Fsp3) is 0.524. The first-order valence-electron chi connectivity index (χ1n) is 10.2. The van der Waals surface area contributed by atoms with Crippen molar-refractivity contribution in [3.63, 3.8) is 0 Å². The summed E-state index contributed by atoms with van der Waals surface area (Å²) in [6.07, 6.45) is 5.01. The van der Waals surface area contributed by atoms with Crippen LogP contribution in [0.4, 0.5) is 10.1 Å². The minimum Gasteiger partial charge on any atom is -0.370 e. The molecule has 0 aliphatic carbocycles. The summed E-state index contributed by atoms with van der Waals surface area (Å²) in [4.78, 5) is 17.1. The van der Waals surface area contributed by atoms with Crippen molar-refractivity contribution >= 4 is 11.6 Å². The van der Waals surface area contributed by atoms with Crippen molar-refractivity contribution < 1.29 is 9.18 Å². The number of nitrogens with zero attached hydrogens (tertiary/aromatic N) is 4. The molecule has 0 bridgehead atoms. The predicted molar refractivity (Wildman–Crippen MR) is 107 cm³/mol. The van der Waals surface area contributed by atoms with Crippen LogP contribution in [0, 0.1) is 5.82 Å². The molecule has 1 amide bonds. The summed E-state index contributed by atoms with van der Waals surface area (Å²) in [5.41, 5.74) is 2.16. The zero-order valence-corrected chi connectivity index (χ0v) is 16.2. The minimum absolute atomic E-state index is 0.120. The number of amides is 1. The average Bonchev–Trinajstić information content (AvgIpc) is 3.03. The maximum atomic E-state index is 13.2. The van der Waals surface area contributed by atoms with Gasteiger partial charge in [-0.15, -0.1) is 0 Å². The zero-order chi connectivity index (χ0) is 19.3.